The van der Waals surface area contributed by atoms with Crippen LogP contribution in [0.3, 0.4) is 0 Å². The maximum absolute atomic E-state index is 5.81. The molecule has 3 heteroatoms. The van der Waals surface area contributed by atoms with Gasteiger partial charge in [-0.1, -0.05) is 22.9 Å². The van der Waals surface area contributed by atoms with Gasteiger partial charge in [0.1, 0.15) is 0 Å². The van der Waals surface area contributed by atoms with Gasteiger partial charge in [0, 0.05) is 6.61 Å². The first-order valence-electron chi connectivity index (χ1n) is 5.11. The summed E-state index contributed by atoms with van der Waals surface area (Å²) < 4.78 is 11.1. The average Bonchev–Trinajstić information content (AvgIpc) is 2.88. The van der Waals surface area contributed by atoms with E-state index in [9.17, 15) is 0 Å². The Balaban J connectivity index is 1.66. The summed E-state index contributed by atoms with van der Waals surface area (Å²) in [6.07, 6.45) is 3.09. The van der Waals surface area contributed by atoms with E-state index in [0.29, 0.717) is 4.83 Å². The molecule has 1 heterocycles. The van der Waals surface area contributed by atoms with Crippen molar-refractivity contribution in [2.75, 3.05) is 19.8 Å². The predicted molar refractivity (Wildman–Crippen MR) is 55.2 cm³/mol. The molecule has 3 atom stereocenters. The van der Waals surface area contributed by atoms with Crippen LogP contribution in [0, 0.1) is 11.8 Å². The molecule has 3 unspecified atom stereocenters. The van der Waals surface area contributed by atoms with Gasteiger partial charge in [-0.05, 0) is 24.7 Å². The van der Waals surface area contributed by atoms with Gasteiger partial charge in [0.2, 0.25) is 0 Å². The van der Waals surface area contributed by atoms with Crippen LogP contribution in [0.25, 0.3) is 0 Å². The van der Waals surface area contributed by atoms with Gasteiger partial charge in [-0.15, -0.1) is 0 Å². The number of alkyl halides is 1. The van der Waals surface area contributed by atoms with Gasteiger partial charge in [0.25, 0.3) is 0 Å². The van der Waals surface area contributed by atoms with Crippen LogP contribution in [0.2, 0.25) is 0 Å². The van der Waals surface area contributed by atoms with Crippen LogP contribution in [-0.2, 0) is 9.47 Å². The summed E-state index contributed by atoms with van der Waals surface area (Å²) >= 11 is 3.56. The van der Waals surface area contributed by atoms with E-state index in [0.717, 1.165) is 31.7 Å². The fraction of sp³-hybridized carbons (Fsp3) is 1.00. The molecule has 1 aliphatic heterocycles. The largest absolute Gasteiger partial charge is 0.377 e. The quantitative estimate of drug-likeness (QED) is 0.711. The van der Waals surface area contributed by atoms with Gasteiger partial charge in [0.05, 0.1) is 24.1 Å². The van der Waals surface area contributed by atoms with Crippen molar-refractivity contribution in [1.29, 1.82) is 0 Å². The summed E-state index contributed by atoms with van der Waals surface area (Å²) in [5, 5.41) is 0. The smallest absolute Gasteiger partial charge is 0.0955 e. The minimum absolute atomic E-state index is 0.279. The zero-order valence-corrected chi connectivity index (χ0v) is 9.63. The van der Waals surface area contributed by atoms with Gasteiger partial charge in [-0.2, -0.15) is 0 Å². The monoisotopic (exact) mass is 248 g/mol. The van der Waals surface area contributed by atoms with E-state index >= 15 is 0 Å². The van der Waals surface area contributed by atoms with Crippen molar-refractivity contribution in [3.8, 4) is 0 Å². The minimum Gasteiger partial charge on any atom is -0.377 e. The van der Waals surface area contributed by atoms with Gasteiger partial charge < -0.3 is 9.47 Å². The first-order chi connectivity index (χ1) is 6.27. The summed E-state index contributed by atoms with van der Waals surface area (Å²) in [5.74, 6) is 1.68. The lowest BCUT2D eigenvalue weighted by molar-refractivity contribution is 0.0233. The lowest BCUT2D eigenvalue weighted by Gasteiger charge is -2.16. The highest BCUT2D eigenvalue weighted by atomic mass is 79.9. The second-order valence-corrected chi connectivity index (χ2v) is 5.42. The van der Waals surface area contributed by atoms with E-state index in [-0.39, 0.29) is 6.10 Å². The first-order valence-corrected chi connectivity index (χ1v) is 6.02. The third kappa shape index (κ3) is 2.67. The van der Waals surface area contributed by atoms with E-state index < -0.39 is 0 Å². The van der Waals surface area contributed by atoms with Gasteiger partial charge in [0.15, 0.2) is 0 Å². The predicted octanol–water partition coefficient (Wildman–Crippen LogP) is 2.21. The fourth-order valence-electron chi connectivity index (χ4n) is 1.74. The summed E-state index contributed by atoms with van der Waals surface area (Å²) in [6, 6.07) is 0. The van der Waals surface area contributed by atoms with Gasteiger partial charge in [-0.3, -0.25) is 0 Å². The Labute approximate surface area is 88.1 Å². The molecular formula is C10H17BrO2. The normalized spacial score (nSPS) is 36.5. The third-order valence-electron chi connectivity index (χ3n) is 2.96. The van der Waals surface area contributed by atoms with E-state index in [2.05, 4.69) is 22.9 Å². The number of ether oxygens (including phenoxy) is 2. The molecule has 1 saturated heterocycles. The van der Waals surface area contributed by atoms with Crippen LogP contribution < -0.4 is 0 Å². The lowest BCUT2D eigenvalue weighted by atomic mass is 10.1. The second-order valence-electron chi connectivity index (χ2n) is 4.24. The Hall–Kier alpha value is 0.400. The summed E-state index contributed by atoms with van der Waals surface area (Å²) in [5.41, 5.74) is 0. The SMILES string of the molecule is CC(COC1COCC1Br)C1CC1. The fourth-order valence-corrected chi connectivity index (χ4v) is 2.23. The molecule has 0 aromatic rings. The molecule has 1 aliphatic carbocycles. The summed E-state index contributed by atoms with van der Waals surface area (Å²) in [6.45, 7) is 4.74. The molecule has 2 fully saturated rings. The average molecular weight is 249 g/mol. The molecule has 0 radical (unpaired) electrons. The molecule has 2 aliphatic rings. The molecule has 1 saturated carbocycles. The van der Waals surface area contributed by atoms with Crippen molar-refractivity contribution in [3.05, 3.63) is 0 Å². The Morgan fingerprint density at radius 1 is 1.46 bits per heavy atom. The zero-order valence-electron chi connectivity index (χ0n) is 8.04. The highest BCUT2D eigenvalue weighted by Crippen LogP contribution is 2.36. The molecule has 0 N–H and O–H groups in total. The highest BCUT2D eigenvalue weighted by Gasteiger charge is 2.31. The standard InChI is InChI=1S/C10H17BrO2/c1-7(8-2-3-8)4-13-10-6-12-5-9(10)11/h7-10H,2-6H2,1H3. The Bertz CT molecular complexity index is 170. The van der Waals surface area contributed by atoms with Crippen molar-refractivity contribution in [2.24, 2.45) is 11.8 Å². The van der Waals surface area contributed by atoms with E-state index in [4.69, 9.17) is 9.47 Å². The Morgan fingerprint density at radius 2 is 2.23 bits per heavy atom. The third-order valence-corrected chi connectivity index (χ3v) is 3.82. The van der Waals surface area contributed by atoms with E-state index in [1.54, 1.807) is 0 Å². The Morgan fingerprint density at radius 3 is 2.77 bits per heavy atom. The van der Waals surface area contributed by atoms with Crippen molar-refractivity contribution < 1.29 is 9.47 Å². The molecule has 2 nitrogen and oxygen atoms in total. The van der Waals surface area contributed by atoms with Crippen molar-refractivity contribution in [3.63, 3.8) is 0 Å². The van der Waals surface area contributed by atoms with Crippen LogP contribution in [0.1, 0.15) is 19.8 Å². The number of hydrogen-bond donors (Lipinski definition) is 0. The molecule has 0 spiro atoms. The Kier molecular flexibility index (Phi) is 3.27. The number of rotatable bonds is 4. The number of hydrogen-bond acceptors (Lipinski definition) is 2. The van der Waals surface area contributed by atoms with E-state index in [1.165, 1.54) is 12.8 Å². The van der Waals surface area contributed by atoms with Crippen molar-refractivity contribution >= 4 is 15.9 Å². The van der Waals surface area contributed by atoms with Gasteiger partial charge in [-0.25, -0.2) is 0 Å². The first kappa shape index (κ1) is 9.94. The van der Waals surface area contributed by atoms with Crippen molar-refractivity contribution in [1.82, 2.24) is 0 Å². The maximum Gasteiger partial charge on any atom is 0.0955 e. The van der Waals surface area contributed by atoms with Crippen molar-refractivity contribution in [2.45, 2.75) is 30.7 Å². The van der Waals surface area contributed by atoms with E-state index in [1.807, 2.05) is 0 Å². The lowest BCUT2D eigenvalue weighted by Crippen LogP contribution is -2.25. The number of halogens is 1. The molecule has 2 rings (SSSR count). The maximum atomic E-state index is 5.81. The van der Waals surface area contributed by atoms with Crippen LogP contribution in [0.4, 0.5) is 0 Å². The molecule has 13 heavy (non-hydrogen) atoms. The molecule has 0 amide bonds. The zero-order chi connectivity index (χ0) is 9.26. The second kappa shape index (κ2) is 4.28. The summed E-state index contributed by atoms with van der Waals surface area (Å²) in [7, 11) is 0. The molecule has 0 aromatic heterocycles. The van der Waals surface area contributed by atoms with Crippen LogP contribution >= 0.6 is 15.9 Å². The van der Waals surface area contributed by atoms with Crippen LogP contribution in [-0.4, -0.2) is 30.8 Å². The van der Waals surface area contributed by atoms with Gasteiger partial charge >= 0.3 is 0 Å². The molecule has 0 aromatic carbocycles. The molecule has 76 valence electrons. The minimum atomic E-state index is 0.279. The van der Waals surface area contributed by atoms with Crippen LogP contribution in [0.15, 0.2) is 0 Å². The highest BCUT2D eigenvalue weighted by molar-refractivity contribution is 9.09. The topological polar surface area (TPSA) is 18.5 Å². The van der Waals surface area contributed by atoms with Crippen LogP contribution in [0.5, 0.6) is 0 Å². The molecular weight excluding hydrogens is 232 g/mol. The molecule has 0 bridgehead atoms. The summed E-state index contributed by atoms with van der Waals surface area (Å²) in [4.78, 5) is 0.402.